The van der Waals surface area contributed by atoms with Crippen molar-refractivity contribution in [3.8, 4) is 5.75 Å². The van der Waals surface area contributed by atoms with Gasteiger partial charge in [-0.25, -0.2) is 13.4 Å². The largest absolute Gasteiger partial charge is 0.497 e. The van der Waals surface area contributed by atoms with Crippen molar-refractivity contribution >= 4 is 38.7 Å². The van der Waals surface area contributed by atoms with E-state index in [0.717, 1.165) is 22.6 Å². The molecule has 3 aromatic rings. The summed E-state index contributed by atoms with van der Waals surface area (Å²) in [6.07, 6.45) is 0.545. The van der Waals surface area contributed by atoms with Gasteiger partial charge in [0, 0.05) is 12.1 Å². The van der Waals surface area contributed by atoms with Gasteiger partial charge in [-0.3, -0.25) is 9.52 Å². The summed E-state index contributed by atoms with van der Waals surface area (Å²) in [5, 5.41) is 8.08. The molecule has 2 heterocycles. The summed E-state index contributed by atoms with van der Waals surface area (Å²) in [6, 6.07) is 18.1. The maximum atomic E-state index is 13.2. The Bertz CT molecular complexity index is 1220. The van der Waals surface area contributed by atoms with Crippen LogP contribution < -0.4 is 9.46 Å². The van der Waals surface area contributed by atoms with E-state index in [4.69, 9.17) is 4.74 Å². The second-order valence-corrected chi connectivity index (χ2v) is 10.2. The number of amides is 1. The molecule has 0 radical (unpaired) electrons. The summed E-state index contributed by atoms with van der Waals surface area (Å²) in [5.41, 5.74) is 3.05. The molecule has 1 aromatic heterocycles. The fourth-order valence-corrected chi connectivity index (χ4v) is 4.75. The normalized spacial score (nSPS) is 16.0. The van der Waals surface area contributed by atoms with Gasteiger partial charge in [-0.15, -0.1) is 11.3 Å². The van der Waals surface area contributed by atoms with Crippen LogP contribution in [0.15, 0.2) is 71.1 Å². The van der Waals surface area contributed by atoms with E-state index in [1.165, 1.54) is 16.3 Å². The van der Waals surface area contributed by atoms with Crippen LogP contribution in [-0.2, 0) is 10.0 Å². The van der Waals surface area contributed by atoms with E-state index in [0.29, 0.717) is 17.0 Å². The lowest BCUT2D eigenvalue weighted by Crippen LogP contribution is -2.26. The predicted octanol–water partition coefficient (Wildman–Crippen LogP) is 4.51. The topological polar surface area (TPSA) is 88.1 Å². The van der Waals surface area contributed by atoms with Crippen LogP contribution in [0.5, 0.6) is 5.75 Å². The van der Waals surface area contributed by atoms with E-state index in [9.17, 15) is 13.2 Å². The third-order valence-electron chi connectivity index (χ3n) is 5.22. The van der Waals surface area contributed by atoms with Gasteiger partial charge < -0.3 is 4.74 Å². The van der Waals surface area contributed by atoms with Gasteiger partial charge >= 0.3 is 0 Å². The number of anilines is 1. The number of rotatable bonds is 7. The molecule has 1 N–H and O–H groups in total. The fourth-order valence-electron chi connectivity index (χ4n) is 3.45. The number of carbonyl (C=O) groups excluding carboxylic acids is 1. The Labute approximate surface area is 191 Å². The van der Waals surface area contributed by atoms with Gasteiger partial charge in [-0.05, 0) is 53.8 Å². The van der Waals surface area contributed by atoms with Crippen LogP contribution in [0.4, 0.5) is 5.69 Å². The standard InChI is InChI=1S/C23H23N3O4S2/c1-3-32(28,29)25-18-10-6-16(7-11-18)20-15-21(17-8-12-19(30-2)13-9-17)26(24-20)23(27)22-5-4-14-31-22/h4-14,21,25H,3,15H2,1-2H3. The molecule has 0 spiro atoms. The molecule has 7 nitrogen and oxygen atoms in total. The molecule has 166 valence electrons. The molecule has 1 atom stereocenters. The molecule has 0 saturated carbocycles. The zero-order valence-corrected chi connectivity index (χ0v) is 19.3. The van der Waals surface area contributed by atoms with Crippen molar-refractivity contribution in [2.24, 2.45) is 5.10 Å². The quantitative estimate of drug-likeness (QED) is 0.551. The summed E-state index contributed by atoms with van der Waals surface area (Å²) >= 11 is 1.38. The van der Waals surface area contributed by atoms with Gasteiger partial charge in [0.05, 0.1) is 29.5 Å². The number of carbonyl (C=O) groups is 1. The van der Waals surface area contributed by atoms with Crippen LogP contribution in [0.3, 0.4) is 0 Å². The smallest absolute Gasteiger partial charge is 0.284 e. The summed E-state index contributed by atoms with van der Waals surface area (Å²) in [6.45, 7) is 1.59. The van der Waals surface area contributed by atoms with Crippen molar-refractivity contribution in [3.05, 3.63) is 82.0 Å². The number of benzene rings is 2. The second-order valence-electron chi connectivity index (χ2n) is 7.25. The van der Waals surface area contributed by atoms with Gasteiger partial charge in [0.2, 0.25) is 10.0 Å². The fraction of sp³-hybridized carbons (Fsp3) is 0.217. The molecule has 32 heavy (non-hydrogen) atoms. The third-order valence-corrected chi connectivity index (χ3v) is 7.39. The number of hydrogen-bond donors (Lipinski definition) is 1. The van der Waals surface area contributed by atoms with Crippen molar-refractivity contribution in [1.82, 2.24) is 5.01 Å². The second kappa shape index (κ2) is 9.13. The molecule has 1 unspecified atom stereocenters. The zero-order valence-electron chi connectivity index (χ0n) is 17.7. The van der Waals surface area contributed by atoms with Gasteiger partial charge in [0.15, 0.2) is 0 Å². The predicted molar refractivity (Wildman–Crippen MR) is 127 cm³/mol. The first-order valence-electron chi connectivity index (χ1n) is 10.1. The lowest BCUT2D eigenvalue weighted by molar-refractivity contribution is 0.0716. The maximum Gasteiger partial charge on any atom is 0.284 e. The Morgan fingerprint density at radius 1 is 1.16 bits per heavy atom. The molecule has 9 heteroatoms. The zero-order chi connectivity index (χ0) is 22.7. The molecule has 0 bridgehead atoms. The van der Waals surface area contributed by atoms with Crippen LogP contribution in [0.25, 0.3) is 0 Å². The van der Waals surface area contributed by atoms with Gasteiger partial charge in [0.1, 0.15) is 5.75 Å². The van der Waals surface area contributed by atoms with Crippen molar-refractivity contribution in [3.63, 3.8) is 0 Å². The van der Waals surface area contributed by atoms with E-state index >= 15 is 0 Å². The highest BCUT2D eigenvalue weighted by Crippen LogP contribution is 2.35. The highest BCUT2D eigenvalue weighted by molar-refractivity contribution is 7.92. The molecule has 1 amide bonds. The number of hydrogen-bond acceptors (Lipinski definition) is 6. The minimum atomic E-state index is -3.34. The minimum Gasteiger partial charge on any atom is -0.497 e. The molecular weight excluding hydrogens is 446 g/mol. The van der Waals surface area contributed by atoms with E-state index in [1.54, 1.807) is 32.2 Å². The summed E-state index contributed by atoms with van der Waals surface area (Å²) in [5.74, 6) is 0.599. The van der Waals surface area contributed by atoms with Gasteiger partial charge in [-0.1, -0.05) is 30.3 Å². The van der Waals surface area contributed by atoms with Crippen LogP contribution >= 0.6 is 11.3 Å². The van der Waals surface area contributed by atoms with Crippen molar-refractivity contribution < 1.29 is 17.9 Å². The molecule has 1 aliphatic heterocycles. The number of methoxy groups -OCH3 is 1. The van der Waals surface area contributed by atoms with Gasteiger partial charge in [0.25, 0.3) is 5.91 Å². The molecule has 0 aliphatic carbocycles. The molecule has 0 saturated heterocycles. The van der Waals surface area contributed by atoms with Crippen LogP contribution in [0.1, 0.15) is 40.2 Å². The third kappa shape index (κ3) is 4.68. The minimum absolute atomic E-state index is 0.00475. The number of nitrogens with one attached hydrogen (secondary N) is 1. The average Bonchev–Trinajstić information content (AvgIpc) is 3.50. The van der Waals surface area contributed by atoms with Crippen molar-refractivity contribution in [1.29, 1.82) is 0 Å². The lowest BCUT2D eigenvalue weighted by atomic mass is 9.98. The van der Waals surface area contributed by atoms with E-state index in [2.05, 4.69) is 9.82 Å². The van der Waals surface area contributed by atoms with Crippen LogP contribution in [0.2, 0.25) is 0 Å². The number of sulfonamides is 1. The van der Waals surface area contributed by atoms with E-state index in [-0.39, 0.29) is 17.7 Å². The Morgan fingerprint density at radius 3 is 2.47 bits per heavy atom. The monoisotopic (exact) mass is 469 g/mol. The highest BCUT2D eigenvalue weighted by Gasteiger charge is 2.34. The summed E-state index contributed by atoms with van der Waals surface area (Å²) < 4.78 is 31.4. The van der Waals surface area contributed by atoms with Crippen LogP contribution in [0, 0.1) is 0 Å². The average molecular weight is 470 g/mol. The molecular formula is C23H23N3O4S2. The van der Waals surface area contributed by atoms with E-state index < -0.39 is 10.0 Å². The first-order chi connectivity index (χ1) is 15.4. The Kier molecular flexibility index (Phi) is 6.29. The first kappa shape index (κ1) is 22.0. The SMILES string of the molecule is CCS(=O)(=O)Nc1ccc(C2=NN(C(=O)c3cccs3)C(c3ccc(OC)cc3)C2)cc1. The molecule has 1 aliphatic rings. The molecule has 4 rings (SSSR count). The summed E-state index contributed by atoms with van der Waals surface area (Å²) in [4.78, 5) is 13.8. The molecule has 2 aromatic carbocycles. The van der Waals surface area contributed by atoms with Crippen molar-refractivity contribution in [2.45, 2.75) is 19.4 Å². The Hall–Kier alpha value is -3.17. The first-order valence-corrected chi connectivity index (χ1v) is 12.6. The van der Waals surface area contributed by atoms with Gasteiger partial charge in [-0.2, -0.15) is 5.10 Å². The molecule has 0 fully saturated rings. The number of thiophene rings is 1. The lowest BCUT2D eigenvalue weighted by Gasteiger charge is -2.21. The van der Waals surface area contributed by atoms with E-state index in [1.807, 2.05) is 47.8 Å². The Balaban J connectivity index is 1.63. The Morgan fingerprint density at radius 2 is 1.88 bits per heavy atom. The van der Waals surface area contributed by atoms with Crippen LogP contribution in [-0.4, -0.2) is 37.9 Å². The highest BCUT2D eigenvalue weighted by atomic mass is 32.2. The maximum absolute atomic E-state index is 13.2. The number of ether oxygens (including phenoxy) is 1. The number of hydrazone groups is 1. The number of nitrogens with zero attached hydrogens (tertiary/aromatic N) is 2. The summed E-state index contributed by atoms with van der Waals surface area (Å²) in [7, 11) is -1.73. The van der Waals surface area contributed by atoms with Crippen molar-refractivity contribution in [2.75, 3.05) is 17.6 Å².